The second kappa shape index (κ2) is 6.49. The van der Waals surface area contributed by atoms with Crippen molar-refractivity contribution in [3.8, 4) is 11.3 Å². The molecule has 142 valence electrons. The van der Waals surface area contributed by atoms with Crippen molar-refractivity contribution >= 4 is 39.3 Å². The van der Waals surface area contributed by atoms with Crippen molar-refractivity contribution in [2.75, 3.05) is 0 Å². The van der Waals surface area contributed by atoms with Gasteiger partial charge < -0.3 is 0 Å². The van der Waals surface area contributed by atoms with E-state index in [4.69, 9.17) is 0 Å². The Morgan fingerprint density at radius 2 is 1.90 bits per heavy atom. The molecule has 5 aromatic rings. The van der Waals surface area contributed by atoms with Crippen LogP contribution in [0.3, 0.4) is 0 Å². The van der Waals surface area contributed by atoms with Gasteiger partial charge in [-0.2, -0.15) is 5.10 Å². The van der Waals surface area contributed by atoms with Gasteiger partial charge in [-0.1, -0.05) is 53.8 Å². The predicted octanol–water partition coefficient (Wildman–Crippen LogP) is 3.29. The molecule has 0 radical (unpaired) electrons. The highest BCUT2D eigenvalue weighted by Gasteiger charge is 2.15. The first-order valence-corrected chi connectivity index (χ1v) is 9.93. The summed E-state index contributed by atoms with van der Waals surface area (Å²) >= 11 is 1.34. The number of hydrogen-bond donors (Lipinski definition) is 0. The topological polar surface area (TPSA) is 69.3 Å². The number of thiazole rings is 1. The SMILES string of the molecule is CC(=O)n1cc(/C=c2/sc3nc4c(C)cccc4n3c2=O)c(-c2ccccc2)n1. The van der Waals surface area contributed by atoms with Crippen LogP contribution in [0.1, 0.15) is 22.8 Å². The first kappa shape index (κ1) is 17.5. The molecule has 0 fully saturated rings. The van der Waals surface area contributed by atoms with E-state index < -0.39 is 0 Å². The molecule has 3 aromatic heterocycles. The minimum Gasteiger partial charge on any atom is -0.273 e. The van der Waals surface area contributed by atoms with Crippen LogP contribution < -0.4 is 10.1 Å². The molecular formula is C22H16N4O2S. The molecule has 0 N–H and O–H groups in total. The summed E-state index contributed by atoms with van der Waals surface area (Å²) in [5.41, 5.74) is 4.83. The molecule has 2 aromatic carbocycles. The van der Waals surface area contributed by atoms with Gasteiger partial charge in [-0.25, -0.2) is 14.1 Å². The monoisotopic (exact) mass is 400 g/mol. The van der Waals surface area contributed by atoms with Crippen molar-refractivity contribution in [3.63, 3.8) is 0 Å². The van der Waals surface area contributed by atoms with Crippen LogP contribution >= 0.6 is 11.3 Å². The molecule has 0 saturated heterocycles. The average molecular weight is 400 g/mol. The van der Waals surface area contributed by atoms with Crippen LogP contribution in [0.25, 0.3) is 33.3 Å². The Labute approximate surface area is 169 Å². The number of nitrogens with zero attached hydrogens (tertiary/aromatic N) is 4. The van der Waals surface area contributed by atoms with Gasteiger partial charge in [-0.05, 0) is 24.6 Å². The Morgan fingerprint density at radius 3 is 2.66 bits per heavy atom. The van der Waals surface area contributed by atoms with Gasteiger partial charge in [0.25, 0.3) is 5.56 Å². The van der Waals surface area contributed by atoms with Crippen LogP contribution in [0.4, 0.5) is 0 Å². The van der Waals surface area contributed by atoms with Gasteiger partial charge in [0.15, 0.2) is 4.96 Å². The van der Waals surface area contributed by atoms with Crippen molar-refractivity contribution in [2.24, 2.45) is 0 Å². The van der Waals surface area contributed by atoms with Gasteiger partial charge in [0, 0.05) is 24.2 Å². The molecule has 6 nitrogen and oxygen atoms in total. The number of benzene rings is 2. The zero-order chi connectivity index (χ0) is 20.1. The minimum absolute atomic E-state index is 0.118. The zero-order valence-electron chi connectivity index (χ0n) is 15.8. The maximum absolute atomic E-state index is 13.1. The van der Waals surface area contributed by atoms with E-state index in [-0.39, 0.29) is 11.5 Å². The van der Waals surface area contributed by atoms with Crippen LogP contribution in [-0.4, -0.2) is 25.1 Å². The molecule has 0 amide bonds. The lowest BCUT2D eigenvalue weighted by Gasteiger charge is -1.97. The van der Waals surface area contributed by atoms with Crippen molar-refractivity contribution < 1.29 is 4.79 Å². The summed E-state index contributed by atoms with van der Waals surface area (Å²) < 4.78 is 3.50. The van der Waals surface area contributed by atoms with E-state index in [2.05, 4.69) is 10.1 Å². The quantitative estimate of drug-likeness (QED) is 0.456. The lowest BCUT2D eigenvalue weighted by Crippen LogP contribution is -2.22. The molecule has 0 bridgehead atoms. The molecule has 0 atom stereocenters. The molecule has 0 aliphatic rings. The Morgan fingerprint density at radius 1 is 1.10 bits per heavy atom. The van der Waals surface area contributed by atoms with E-state index in [0.717, 1.165) is 22.2 Å². The number of imidazole rings is 1. The third-order valence-electron chi connectivity index (χ3n) is 4.87. The van der Waals surface area contributed by atoms with Gasteiger partial charge in [0.05, 0.1) is 15.6 Å². The maximum Gasteiger partial charge on any atom is 0.274 e. The lowest BCUT2D eigenvalue weighted by molar-refractivity contribution is 0.0921. The van der Waals surface area contributed by atoms with E-state index in [1.54, 1.807) is 16.7 Å². The van der Waals surface area contributed by atoms with Crippen LogP contribution in [0, 0.1) is 6.92 Å². The van der Waals surface area contributed by atoms with Crippen molar-refractivity contribution in [1.29, 1.82) is 0 Å². The number of para-hydroxylation sites is 1. The third kappa shape index (κ3) is 2.78. The fraction of sp³-hybridized carbons (Fsp3) is 0.0909. The highest BCUT2D eigenvalue weighted by atomic mass is 32.1. The zero-order valence-corrected chi connectivity index (χ0v) is 16.6. The molecular weight excluding hydrogens is 384 g/mol. The van der Waals surface area contributed by atoms with E-state index in [9.17, 15) is 9.59 Å². The van der Waals surface area contributed by atoms with Crippen LogP contribution in [0.5, 0.6) is 0 Å². The first-order valence-electron chi connectivity index (χ1n) is 9.11. The van der Waals surface area contributed by atoms with E-state index in [0.29, 0.717) is 20.8 Å². The van der Waals surface area contributed by atoms with Gasteiger partial charge in [0.1, 0.15) is 5.69 Å². The van der Waals surface area contributed by atoms with Crippen molar-refractivity contribution in [1.82, 2.24) is 19.2 Å². The van der Waals surface area contributed by atoms with Gasteiger partial charge in [-0.15, -0.1) is 0 Å². The highest BCUT2D eigenvalue weighted by molar-refractivity contribution is 7.15. The second-order valence-corrected chi connectivity index (χ2v) is 7.86. The van der Waals surface area contributed by atoms with E-state index >= 15 is 0 Å². The minimum atomic E-state index is -0.188. The second-order valence-electron chi connectivity index (χ2n) is 6.85. The van der Waals surface area contributed by atoms with E-state index in [1.807, 2.05) is 55.5 Å². The van der Waals surface area contributed by atoms with Crippen LogP contribution in [0.2, 0.25) is 0 Å². The Kier molecular flexibility index (Phi) is 3.92. The molecule has 0 unspecified atom stereocenters. The Balaban J connectivity index is 1.77. The highest BCUT2D eigenvalue weighted by Crippen LogP contribution is 2.23. The summed E-state index contributed by atoms with van der Waals surface area (Å²) in [5, 5.41) is 4.42. The maximum atomic E-state index is 13.1. The molecule has 0 saturated carbocycles. The largest absolute Gasteiger partial charge is 0.274 e. The standard InChI is InChI=1S/C22H16N4O2S/c1-13-7-6-10-17-19(13)23-22-26(17)21(28)18(29-22)11-16-12-25(14(2)27)24-20(16)15-8-4-3-5-9-15/h3-12H,1-2H3/b18-11+. The van der Waals surface area contributed by atoms with Crippen LogP contribution in [-0.2, 0) is 0 Å². The predicted molar refractivity (Wildman–Crippen MR) is 114 cm³/mol. The molecule has 0 spiro atoms. The number of rotatable bonds is 2. The average Bonchev–Trinajstić information content (AvgIpc) is 3.38. The van der Waals surface area contributed by atoms with Crippen LogP contribution in [0.15, 0.2) is 59.5 Å². The summed E-state index contributed by atoms with van der Waals surface area (Å²) in [6.07, 6.45) is 3.45. The third-order valence-corrected chi connectivity index (χ3v) is 5.84. The number of aromatic nitrogens is 4. The molecule has 0 aliphatic carbocycles. The van der Waals surface area contributed by atoms with Gasteiger partial charge >= 0.3 is 0 Å². The number of aryl methyl sites for hydroxylation is 1. The van der Waals surface area contributed by atoms with Gasteiger partial charge in [-0.3, -0.25) is 9.59 Å². The summed E-state index contributed by atoms with van der Waals surface area (Å²) in [7, 11) is 0. The fourth-order valence-electron chi connectivity index (χ4n) is 3.44. The Hall–Kier alpha value is -3.58. The normalized spacial score (nSPS) is 12.3. The molecule has 29 heavy (non-hydrogen) atoms. The smallest absolute Gasteiger partial charge is 0.273 e. The summed E-state index contributed by atoms with van der Waals surface area (Å²) in [5.74, 6) is -0.188. The summed E-state index contributed by atoms with van der Waals surface area (Å²) in [6, 6.07) is 15.4. The molecule has 5 rings (SSSR count). The van der Waals surface area contributed by atoms with Crippen molar-refractivity contribution in [2.45, 2.75) is 13.8 Å². The molecule has 7 heteroatoms. The lowest BCUT2D eigenvalue weighted by atomic mass is 10.1. The Bertz CT molecular complexity index is 1510. The summed E-state index contributed by atoms with van der Waals surface area (Å²) in [6.45, 7) is 3.44. The van der Waals surface area contributed by atoms with Crippen molar-refractivity contribution in [3.05, 3.63) is 80.7 Å². The number of fused-ring (bicyclic) bond motifs is 3. The fourth-order valence-corrected chi connectivity index (χ4v) is 4.41. The number of carbonyl (C=O) groups is 1. The van der Waals surface area contributed by atoms with Gasteiger partial charge in [0.2, 0.25) is 5.91 Å². The first-order chi connectivity index (χ1) is 14.0. The molecule has 0 aliphatic heterocycles. The molecule has 3 heterocycles. The number of hydrogen-bond acceptors (Lipinski definition) is 5. The number of carbonyl (C=O) groups excluding carboxylic acids is 1. The summed E-state index contributed by atoms with van der Waals surface area (Å²) in [4.78, 5) is 30.3. The van der Waals surface area contributed by atoms with E-state index in [1.165, 1.54) is 22.9 Å².